The Morgan fingerprint density at radius 1 is 1.20 bits per heavy atom. The summed E-state index contributed by atoms with van der Waals surface area (Å²) in [6, 6.07) is 0.590. The summed E-state index contributed by atoms with van der Waals surface area (Å²) in [5.41, 5.74) is 0. The van der Waals surface area contributed by atoms with E-state index < -0.39 is 0 Å². The van der Waals surface area contributed by atoms with Crippen LogP contribution >= 0.6 is 0 Å². The van der Waals surface area contributed by atoms with Gasteiger partial charge in [-0.2, -0.15) is 0 Å². The molecule has 0 saturated carbocycles. The van der Waals surface area contributed by atoms with Gasteiger partial charge in [-0.1, -0.05) is 31.9 Å². The van der Waals surface area contributed by atoms with Crippen LogP contribution < -0.4 is 5.32 Å². The third kappa shape index (κ3) is 4.62. The van der Waals surface area contributed by atoms with Crippen LogP contribution in [0, 0.1) is 5.92 Å². The Morgan fingerprint density at radius 2 is 2.00 bits per heavy atom. The number of hydrogen-bond acceptors (Lipinski definition) is 3. The number of hydrogen-bond donors (Lipinski definition) is 1. The molecule has 3 heteroatoms. The zero-order valence-corrected chi connectivity index (χ0v) is 12.8. The van der Waals surface area contributed by atoms with Gasteiger partial charge in [-0.25, -0.2) is 0 Å². The molecular formula is C17H29NO2. The van der Waals surface area contributed by atoms with E-state index in [9.17, 15) is 4.79 Å². The highest BCUT2D eigenvalue weighted by molar-refractivity contribution is 5.78. The predicted octanol–water partition coefficient (Wildman–Crippen LogP) is 3.59. The molecular weight excluding hydrogens is 250 g/mol. The van der Waals surface area contributed by atoms with Crippen LogP contribution in [0.5, 0.6) is 0 Å². The normalized spacial score (nSPS) is 32.6. The van der Waals surface area contributed by atoms with Gasteiger partial charge in [0.25, 0.3) is 0 Å². The average molecular weight is 279 g/mol. The maximum atomic E-state index is 11.5. The van der Waals surface area contributed by atoms with E-state index in [2.05, 4.69) is 24.4 Å². The van der Waals surface area contributed by atoms with Gasteiger partial charge < -0.3 is 10.1 Å². The van der Waals surface area contributed by atoms with Gasteiger partial charge in [-0.05, 0) is 44.9 Å². The van der Waals surface area contributed by atoms with E-state index in [1.54, 1.807) is 0 Å². The zero-order valence-electron chi connectivity index (χ0n) is 12.8. The summed E-state index contributed by atoms with van der Waals surface area (Å²) in [5, 5.41) is 3.63. The zero-order chi connectivity index (χ0) is 14.2. The summed E-state index contributed by atoms with van der Waals surface area (Å²) in [6.45, 7) is 3.08. The maximum Gasteiger partial charge on any atom is 0.313 e. The molecule has 2 heterocycles. The number of carbonyl (C=O) groups is 1. The topological polar surface area (TPSA) is 38.3 Å². The largest absolute Gasteiger partial charge is 0.460 e. The summed E-state index contributed by atoms with van der Waals surface area (Å²) < 4.78 is 5.31. The van der Waals surface area contributed by atoms with Gasteiger partial charge in [0.1, 0.15) is 6.10 Å². The quantitative estimate of drug-likeness (QED) is 0.620. The molecule has 0 aromatic heterocycles. The molecule has 3 nitrogen and oxygen atoms in total. The van der Waals surface area contributed by atoms with E-state index in [4.69, 9.17) is 4.74 Å². The van der Waals surface area contributed by atoms with E-state index in [0.717, 1.165) is 25.8 Å². The molecule has 0 radical (unpaired) electrons. The highest BCUT2D eigenvalue weighted by atomic mass is 16.6. The van der Waals surface area contributed by atoms with Gasteiger partial charge in [-0.15, -0.1) is 0 Å². The van der Waals surface area contributed by atoms with Gasteiger partial charge in [-0.3, -0.25) is 4.79 Å². The van der Waals surface area contributed by atoms with Crippen molar-refractivity contribution in [2.75, 3.05) is 6.54 Å². The van der Waals surface area contributed by atoms with Crippen molar-refractivity contribution in [3.05, 3.63) is 12.2 Å². The number of allylic oxidation sites excluding steroid dienone is 2. The first-order valence-electron chi connectivity index (χ1n) is 8.40. The van der Waals surface area contributed by atoms with Crippen molar-refractivity contribution in [3.8, 4) is 0 Å². The Hall–Kier alpha value is -0.830. The first-order valence-corrected chi connectivity index (χ1v) is 8.40. The van der Waals surface area contributed by atoms with Crippen molar-refractivity contribution in [2.24, 2.45) is 5.92 Å². The van der Waals surface area contributed by atoms with Gasteiger partial charge in [0.15, 0.2) is 0 Å². The lowest BCUT2D eigenvalue weighted by atomic mass is 9.90. The van der Waals surface area contributed by atoms with Crippen LogP contribution in [0.15, 0.2) is 12.2 Å². The standard InChI is InChI=1S/C17H29NO2/c1-2-10-14-11-8-6-4-3-5-7-9-12-15-16(13-18-14)20-17(15)19/h3,5,14-16,18H,2,4,6-13H2,1H3. The average Bonchev–Trinajstić information content (AvgIpc) is 2.44. The number of esters is 1. The monoisotopic (exact) mass is 279 g/mol. The van der Waals surface area contributed by atoms with Gasteiger partial charge in [0.2, 0.25) is 0 Å². The van der Waals surface area contributed by atoms with Crippen molar-refractivity contribution in [3.63, 3.8) is 0 Å². The second-order valence-corrected chi connectivity index (χ2v) is 6.16. The lowest BCUT2D eigenvalue weighted by molar-refractivity contribution is -0.184. The molecule has 0 spiro atoms. The van der Waals surface area contributed by atoms with Crippen LogP contribution in [0.3, 0.4) is 0 Å². The first-order chi connectivity index (χ1) is 9.81. The summed E-state index contributed by atoms with van der Waals surface area (Å²) in [5.74, 6) is 0.154. The number of nitrogens with one attached hydrogen (secondary N) is 1. The molecule has 2 rings (SSSR count). The van der Waals surface area contributed by atoms with Gasteiger partial charge >= 0.3 is 5.97 Å². The fourth-order valence-electron chi connectivity index (χ4n) is 3.21. The highest BCUT2D eigenvalue weighted by Crippen LogP contribution is 2.27. The minimum Gasteiger partial charge on any atom is -0.460 e. The molecule has 20 heavy (non-hydrogen) atoms. The Kier molecular flexibility index (Phi) is 6.58. The van der Waals surface area contributed by atoms with Crippen LogP contribution in [0.4, 0.5) is 0 Å². The molecule has 2 aliphatic heterocycles. The van der Waals surface area contributed by atoms with E-state index in [1.165, 1.54) is 38.5 Å². The van der Waals surface area contributed by atoms with Crippen molar-refractivity contribution in [1.29, 1.82) is 0 Å². The van der Waals surface area contributed by atoms with Crippen molar-refractivity contribution < 1.29 is 9.53 Å². The number of carbonyl (C=O) groups excluding carboxylic acids is 1. The summed E-state index contributed by atoms with van der Waals surface area (Å²) in [7, 11) is 0. The first kappa shape index (κ1) is 15.6. The Balaban J connectivity index is 1.87. The Bertz CT molecular complexity index is 327. The summed E-state index contributed by atoms with van der Waals surface area (Å²) >= 11 is 0. The molecule has 1 N–H and O–H groups in total. The van der Waals surface area contributed by atoms with Gasteiger partial charge in [0.05, 0.1) is 5.92 Å². The Labute approximate surface area is 123 Å². The minimum absolute atomic E-state index is 0.0138. The molecule has 1 saturated heterocycles. The highest BCUT2D eigenvalue weighted by Gasteiger charge is 2.41. The fourth-order valence-corrected chi connectivity index (χ4v) is 3.21. The molecule has 0 bridgehead atoms. The number of ether oxygens (including phenoxy) is 1. The van der Waals surface area contributed by atoms with E-state index in [0.29, 0.717) is 6.04 Å². The van der Waals surface area contributed by atoms with Crippen LogP contribution in [0.25, 0.3) is 0 Å². The molecule has 0 aromatic rings. The van der Waals surface area contributed by atoms with Crippen LogP contribution in [-0.4, -0.2) is 24.7 Å². The molecule has 3 atom stereocenters. The molecule has 114 valence electrons. The van der Waals surface area contributed by atoms with E-state index in [1.807, 2.05) is 0 Å². The number of fused-ring (bicyclic) bond motifs is 1. The summed E-state index contributed by atoms with van der Waals surface area (Å²) in [4.78, 5) is 11.5. The number of rotatable bonds is 2. The predicted molar refractivity (Wildman–Crippen MR) is 81.5 cm³/mol. The second-order valence-electron chi connectivity index (χ2n) is 6.16. The van der Waals surface area contributed by atoms with Crippen LogP contribution in [0.2, 0.25) is 0 Å². The summed E-state index contributed by atoms with van der Waals surface area (Å²) in [6.07, 6.45) is 15.4. The van der Waals surface area contributed by atoms with E-state index >= 15 is 0 Å². The lowest BCUT2D eigenvalue weighted by Crippen LogP contribution is -2.51. The SMILES string of the molecule is CCCC1CCCCC=CCCCC2C(=O)OC2CN1. The fraction of sp³-hybridized carbons (Fsp3) is 0.824. The molecule has 0 aromatic carbocycles. The van der Waals surface area contributed by atoms with Gasteiger partial charge in [0, 0.05) is 12.6 Å². The van der Waals surface area contributed by atoms with Crippen LogP contribution in [-0.2, 0) is 9.53 Å². The second kappa shape index (κ2) is 8.46. The third-order valence-electron chi connectivity index (χ3n) is 4.49. The molecule has 0 amide bonds. The smallest absolute Gasteiger partial charge is 0.313 e. The van der Waals surface area contributed by atoms with Crippen molar-refractivity contribution in [1.82, 2.24) is 5.32 Å². The van der Waals surface area contributed by atoms with Crippen LogP contribution in [0.1, 0.15) is 64.7 Å². The van der Waals surface area contributed by atoms with E-state index in [-0.39, 0.29) is 18.0 Å². The maximum absolute atomic E-state index is 11.5. The lowest BCUT2D eigenvalue weighted by Gasteiger charge is -2.36. The van der Waals surface area contributed by atoms with Crippen molar-refractivity contribution >= 4 is 5.97 Å². The van der Waals surface area contributed by atoms with Crippen molar-refractivity contribution in [2.45, 2.75) is 76.9 Å². The molecule has 1 fully saturated rings. The third-order valence-corrected chi connectivity index (χ3v) is 4.49. The molecule has 2 aliphatic rings. The molecule has 0 aliphatic carbocycles. The molecule has 3 unspecified atom stereocenters. The minimum atomic E-state index is 0.0138. The Morgan fingerprint density at radius 3 is 2.75 bits per heavy atom.